The molecule has 1 aromatic rings. The molecule has 1 atom stereocenters. The zero-order chi connectivity index (χ0) is 12.4. The first kappa shape index (κ1) is 12.6. The molecule has 0 radical (unpaired) electrons. The summed E-state index contributed by atoms with van der Waals surface area (Å²) in [6, 6.07) is 4.70. The topological polar surface area (TPSA) is 30.5 Å². The Balaban J connectivity index is 1.65. The molecule has 1 unspecified atom stereocenters. The van der Waals surface area contributed by atoms with Crippen molar-refractivity contribution in [3.8, 4) is 11.5 Å². The van der Waals surface area contributed by atoms with Crippen LogP contribution in [0.4, 0.5) is 0 Å². The highest BCUT2D eigenvalue weighted by atomic mass is 79.9. The number of fused-ring (bicyclic) bond motifs is 1. The third-order valence-electron chi connectivity index (χ3n) is 3.28. The normalized spacial score (nSPS) is 22.2. The molecular weight excluding hydrogens is 314 g/mol. The molecule has 2 aliphatic rings. The number of hydrogen-bond acceptors (Lipinski definition) is 4. The molecule has 1 fully saturated rings. The van der Waals surface area contributed by atoms with Gasteiger partial charge in [-0.15, -0.1) is 0 Å². The lowest BCUT2D eigenvalue weighted by Crippen LogP contribution is -2.33. The second-order valence-electron chi connectivity index (χ2n) is 4.59. The van der Waals surface area contributed by atoms with E-state index < -0.39 is 0 Å². The summed E-state index contributed by atoms with van der Waals surface area (Å²) in [5.41, 5.74) is 1.23. The van der Waals surface area contributed by atoms with Gasteiger partial charge in [0.25, 0.3) is 0 Å². The van der Waals surface area contributed by atoms with Crippen LogP contribution < -0.4 is 14.8 Å². The van der Waals surface area contributed by atoms with E-state index in [1.807, 2.05) is 17.8 Å². The maximum absolute atomic E-state index is 5.41. The van der Waals surface area contributed by atoms with Crippen LogP contribution in [-0.2, 0) is 6.54 Å². The molecular formula is C13H16BrNO2S. The fraction of sp³-hybridized carbons (Fsp3) is 0.538. The standard InChI is InChI=1S/C13H16BrNO2S/c14-11-5-13-12(16-8-17-13)4-9(11)6-15-10-2-1-3-18-7-10/h4-5,10,15H,1-3,6-8H2. The van der Waals surface area contributed by atoms with Crippen molar-refractivity contribution in [2.24, 2.45) is 0 Å². The first-order valence-electron chi connectivity index (χ1n) is 6.22. The van der Waals surface area contributed by atoms with E-state index in [0.717, 1.165) is 22.5 Å². The van der Waals surface area contributed by atoms with E-state index in [2.05, 4.69) is 27.3 Å². The van der Waals surface area contributed by atoms with E-state index in [4.69, 9.17) is 9.47 Å². The number of hydrogen-bond donors (Lipinski definition) is 1. The Morgan fingerprint density at radius 3 is 2.94 bits per heavy atom. The Hall–Kier alpha value is -0.390. The summed E-state index contributed by atoms with van der Waals surface area (Å²) in [6.45, 7) is 1.21. The first-order valence-corrected chi connectivity index (χ1v) is 8.17. The summed E-state index contributed by atoms with van der Waals surface area (Å²) in [5, 5.41) is 3.62. The van der Waals surface area contributed by atoms with Crippen molar-refractivity contribution in [1.29, 1.82) is 0 Å². The van der Waals surface area contributed by atoms with Gasteiger partial charge in [0.1, 0.15) is 0 Å². The fourth-order valence-electron chi connectivity index (χ4n) is 2.25. The molecule has 5 heteroatoms. The lowest BCUT2D eigenvalue weighted by atomic mass is 10.1. The maximum Gasteiger partial charge on any atom is 0.231 e. The summed E-state index contributed by atoms with van der Waals surface area (Å²) in [6.07, 6.45) is 2.61. The molecule has 3 rings (SSSR count). The first-order chi connectivity index (χ1) is 8.83. The van der Waals surface area contributed by atoms with Crippen LogP contribution >= 0.6 is 27.7 Å². The van der Waals surface area contributed by atoms with Crippen molar-refractivity contribution >= 4 is 27.7 Å². The van der Waals surface area contributed by atoms with Crippen LogP contribution in [0.2, 0.25) is 0 Å². The largest absolute Gasteiger partial charge is 0.454 e. The summed E-state index contributed by atoms with van der Waals surface area (Å²) in [7, 11) is 0. The molecule has 0 spiro atoms. The van der Waals surface area contributed by atoms with Crippen molar-refractivity contribution in [3.63, 3.8) is 0 Å². The predicted octanol–water partition coefficient (Wildman–Crippen LogP) is 3.16. The second kappa shape index (κ2) is 5.72. The maximum atomic E-state index is 5.41. The van der Waals surface area contributed by atoms with Gasteiger partial charge in [-0.05, 0) is 36.3 Å². The van der Waals surface area contributed by atoms with Crippen molar-refractivity contribution in [3.05, 3.63) is 22.2 Å². The Morgan fingerprint density at radius 2 is 2.17 bits per heavy atom. The van der Waals surface area contributed by atoms with Gasteiger partial charge >= 0.3 is 0 Å². The zero-order valence-corrected chi connectivity index (χ0v) is 12.5. The van der Waals surface area contributed by atoms with E-state index in [0.29, 0.717) is 12.8 Å². The van der Waals surface area contributed by atoms with Gasteiger partial charge in [0.05, 0.1) is 0 Å². The quantitative estimate of drug-likeness (QED) is 0.922. The van der Waals surface area contributed by atoms with Gasteiger partial charge in [0.15, 0.2) is 11.5 Å². The molecule has 3 nitrogen and oxygen atoms in total. The number of nitrogens with one attached hydrogen (secondary N) is 1. The number of halogens is 1. The molecule has 2 heterocycles. The Morgan fingerprint density at radius 1 is 1.33 bits per heavy atom. The minimum Gasteiger partial charge on any atom is -0.454 e. The lowest BCUT2D eigenvalue weighted by Gasteiger charge is -2.22. The van der Waals surface area contributed by atoms with Crippen molar-refractivity contribution in [1.82, 2.24) is 5.32 Å². The second-order valence-corrected chi connectivity index (χ2v) is 6.60. The summed E-state index contributed by atoms with van der Waals surface area (Å²) in [5.74, 6) is 4.22. The van der Waals surface area contributed by atoms with Crippen molar-refractivity contribution in [2.45, 2.75) is 25.4 Å². The highest BCUT2D eigenvalue weighted by Crippen LogP contribution is 2.36. The van der Waals surface area contributed by atoms with E-state index in [1.54, 1.807) is 0 Å². The third kappa shape index (κ3) is 2.78. The number of rotatable bonds is 3. The number of benzene rings is 1. The minimum atomic E-state index is 0.331. The lowest BCUT2D eigenvalue weighted by molar-refractivity contribution is 0.174. The summed E-state index contributed by atoms with van der Waals surface area (Å²) >= 11 is 5.64. The van der Waals surface area contributed by atoms with E-state index >= 15 is 0 Å². The third-order valence-corrected chi connectivity index (χ3v) is 5.24. The molecule has 98 valence electrons. The number of thioether (sulfide) groups is 1. The molecule has 0 bridgehead atoms. The molecule has 0 amide bonds. The van der Waals surface area contributed by atoms with Gasteiger partial charge in [-0.2, -0.15) is 11.8 Å². The van der Waals surface area contributed by atoms with Gasteiger partial charge in [-0.25, -0.2) is 0 Å². The van der Waals surface area contributed by atoms with Gasteiger partial charge in [0.2, 0.25) is 6.79 Å². The van der Waals surface area contributed by atoms with Crippen molar-refractivity contribution < 1.29 is 9.47 Å². The average Bonchev–Trinajstić information content (AvgIpc) is 2.84. The van der Waals surface area contributed by atoms with Gasteiger partial charge in [0, 0.05) is 22.8 Å². The van der Waals surface area contributed by atoms with Crippen LogP contribution in [0.5, 0.6) is 11.5 Å². The van der Waals surface area contributed by atoms with Gasteiger partial charge in [-0.3, -0.25) is 0 Å². The van der Waals surface area contributed by atoms with Crippen LogP contribution in [0.15, 0.2) is 16.6 Å². The van der Waals surface area contributed by atoms with E-state index in [-0.39, 0.29) is 0 Å². The monoisotopic (exact) mass is 329 g/mol. The minimum absolute atomic E-state index is 0.331. The fourth-order valence-corrected chi connectivity index (χ4v) is 3.82. The Labute approximate surface area is 120 Å². The molecule has 1 saturated heterocycles. The highest BCUT2D eigenvalue weighted by Gasteiger charge is 2.18. The smallest absolute Gasteiger partial charge is 0.231 e. The zero-order valence-electron chi connectivity index (χ0n) is 10.1. The van der Waals surface area contributed by atoms with Crippen LogP contribution in [0.25, 0.3) is 0 Å². The van der Waals surface area contributed by atoms with Crippen LogP contribution in [0.3, 0.4) is 0 Å². The van der Waals surface area contributed by atoms with E-state index in [1.165, 1.54) is 29.9 Å². The molecule has 0 aromatic heterocycles. The Kier molecular flexibility index (Phi) is 4.01. The molecule has 1 aromatic carbocycles. The van der Waals surface area contributed by atoms with Gasteiger partial charge in [-0.1, -0.05) is 15.9 Å². The molecule has 2 aliphatic heterocycles. The molecule has 0 saturated carbocycles. The van der Waals surface area contributed by atoms with Crippen LogP contribution in [0.1, 0.15) is 18.4 Å². The van der Waals surface area contributed by atoms with Crippen molar-refractivity contribution in [2.75, 3.05) is 18.3 Å². The molecule has 1 N–H and O–H groups in total. The van der Waals surface area contributed by atoms with Crippen LogP contribution in [-0.4, -0.2) is 24.3 Å². The highest BCUT2D eigenvalue weighted by molar-refractivity contribution is 9.10. The number of ether oxygens (including phenoxy) is 2. The van der Waals surface area contributed by atoms with Crippen LogP contribution in [0, 0.1) is 0 Å². The van der Waals surface area contributed by atoms with E-state index in [9.17, 15) is 0 Å². The molecule has 0 aliphatic carbocycles. The van der Waals surface area contributed by atoms with Gasteiger partial charge < -0.3 is 14.8 Å². The predicted molar refractivity (Wildman–Crippen MR) is 77.5 cm³/mol. The average molecular weight is 330 g/mol. The molecule has 18 heavy (non-hydrogen) atoms. The summed E-state index contributed by atoms with van der Waals surface area (Å²) in [4.78, 5) is 0. The summed E-state index contributed by atoms with van der Waals surface area (Å²) < 4.78 is 11.8. The Bertz CT molecular complexity index is 435. The SMILES string of the molecule is Brc1cc2c(cc1CNC1CCCSC1)OCO2.